The number of carbonyl (C=O) groups is 1. The van der Waals surface area contributed by atoms with Gasteiger partial charge in [-0.1, -0.05) is 11.6 Å². The van der Waals surface area contributed by atoms with E-state index in [1.54, 1.807) is 6.07 Å². The van der Waals surface area contributed by atoms with Gasteiger partial charge in [-0.15, -0.1) is 0 Å². The second kappa shape index (κ2) is 5.29. The Labute approximate surface area is 118 Å². The van der Waals surface area contributed by atoms with Crippen molar-refractivity contribution in [3.8, 4) is 0 Å². The maximum Gasteiger partial charge on any atom is 0.287 e. The molecule has 1 aromatic heterocycles. The summed E-state index contributed by atoms with van der Waals surface area (Å²) < 4.78 is 5.58. The molecule has 3 N–H and O–H groups in total. The molecule has 106 valence electrons. The Hall–Kier alpha value is -1.81. The molecule has 0 radical (unpaired) electrons. The van der Waals surface area contributed by atoms with Gasteiger partial charge in [0, 0.05) is 18.0 Å². The number of aryl methyl sites for hydroxylation is 1. The Kier molecular flexibility index (Phi) is 3.49. The summed E-state index contributed by atoms with van der Waals surface area (Å²) in [5.41, 5.74) is 7.79. The molecule has 2 atom stereocenters. The minimum atomic E-state index is -0.140. The first-order chi connectivity index (χ1) is 9.61. The van der Waals surface area contributed by atoms with Crippen molar-refractivity contribution >= 4 is 16.9 Å². The Morgan fingerprint density at radius 2 is 2.25 bits per heavy atom. The molecule has 1 fully saturated rings. The van der Waals surface area contributed by atoms with Crippen molar-refractivity contribution in [3.63, 3.8) is 0 Å². The van der Waals surface area contributed by atoms with Crippen LogP contribution in [-0.2, 0) is 0 Å². The molecule has 0 spiro atoms. The van der Waals surface area contributed by atoms with Crippen LogP contribution in [0, 0.1) is 12.8 Å². The molecule has 4 heteroatoms. The number of furan rings is 1. The lowest BCUT2D eigenvalue weighted by Crippen LogP contribution is -2.28. The molecule has 0 saturated heterocycles. The summed E-state index contributed by atoms with van der Waals surface area (Å²) in [6.45, 7) is 2.71. The fourth-order valence-electron chi connectivity index (χ4n) is 2.90. The fraction of sp³-hybridized carbons (Fsp3) is 0.438. The third-order valence-electron chi connectivity index (χ3n) is 4.03. The lowest BCUT2D eigenvalue weighted by Gasteiger charge is -2.09. The van der Waals surface area contributed by atoms with Crippen LogP contribution in [0.1, 0.15) is 35.4 Å². The minimum absolute atomic E-state index is 0.140. The molecule has 2 unspecified atom stereocenters. The summed E-state index contributed by atoms with van der Waals surface area (Å²) in [4.78, 5) is 12.1. The van der Waals surface area contributed by atoms with Gasteiger partial charge in [-0.3, -0.25) is 4.79 Å². The van der Waals surface area contributed by atoms with E-state index in [1.165, 1.54) is 0 Å². The molecule has 1 aromatic carbocycles. The third kappa shape index (κ3) is 2.70. The van der Waals surface area contributed by atoms with Gasteiger partial charge in [0.25, 0.3) is 5.91 Å². The summed E-state index contributed by atoms with van der Waals surface area (Å²) in [5.74, 6) is 0.743. The second-order valence-corrected chi connectivity index (χ2v) is 5.80. The van der Waals surface area contributed by atoms with E-state index < -0.39 is 0 Å². The average molecular weight is 272 g/mol. The lowest BCUT2D eigenvalue weighted by molar-refractivity contribution is 0.0921. The first kappa shape index (κ1) is 13.2. The summed E-state index contributed by atoms with van der Waals surface area (Å²) in [5, 5.41) is 3.92. The second-order valence-electron chi connectivity index (χ2n) is 5.80. The largest absolute Gasteiger partial charge is 0.451 e. The molecule has 0 bridgehead atoms. The van der Waals surface area contributed by atoms with Gasteiger partial charge in [0.1, 0.15) is 5.58 Å². The molecular formula is C16H20N2O2. The molecule has 20 heavy (non-hydrogen) atoms. The maximum atomic E-state index is 12.1. The molecular weight excluding hydrogens is 252 g/mol. The molecule has 1 amide bonds. The molecule has 3 rings (SSSR count). The lowest BCUT2D eigenvalue weighted by atomic mass is 10.1. The Bertz CT molecular complexity index is 632. The van der Waals surface area contributed by atoms with Gasteiger partial charge in [0.2, 0.25) is 0 Å². The summed E-state index contributed by atoms with van der Waals surface area (Å²) in [6.07, 6.45) is 3.16. The standard InChI is InChI=1S/C16H20N2O2/c1-10-2-5-14-12(6-10)8-15(20-14)16(19)18-9-11-3-4-13(17)7-11/h2,5-6,8,11,13H,3-4,7,9,17H2,1H3,(H,18,19). The van der Waals surface area contributed by atoms with Crippen molar-refractivity contribution in [1.82, 2.24) is 5.32 Å². The molecule has 1 aliphatic rings. The van der Waals surface area contributed by atoms with E-state index in [2.05, 4.69) is 5.32 Å². The number of nitrogens with two attached hydrogens (primary N) is 1. The van der Waals surface area contributed by atoms with Gasteiger partial charge >= 0.3 is 0 Å². The van der Waals surface area contributed by atoms with Gasteiger partial charge in [0.05, 0.1) is 0 Å². The third-order valence-corrected chi connectivity index (χ3v) is 4.03. The normalized spacial score (nSPS) is 22.3. The SMILES string of the molecule is Cc1ccc2oc(C(=O)NCC3CCC(N)C3)cc2c1. The van der Waals surface area contributed by atoms with Gasteiger partial charge < -0.3 is 15.5 Å². The first-order valence-corrected chi connectivity index (χ1v) is 7.16. The summed E-state index contributed by atoms with van der Waals surface area (Å²) >= 11 is 0. The predicted molar refractivity (Wildman–Crippen MR) is 78.6 cm³/mol. The van der Waals surface area contributed by atoms with Crippen LogP contribution in [-0.4, -0.2) is 18.5 Å². The van der Waals surface area contributed by atoms with E-state index in [-0.39, 0.29) is 5.91 Å². The highest BCUT2D eigenvalue weighted by Crippen LogP contribution is 2.24. The Morgan fingerprint density at radius 1 is 1.40 bits per heavy atom. The van der Waals surface area contributed by atoms with Crippen LogP contribution in [0.3, 0.4) is 0 Å². The molecule has 1 aliphatic carbocycles. The highest BCUT2D eigenvalue weighted by molar-refractivity contribution is 5.96. The van der Waals surface area contributed by atoms with Crippen molar-refractivity contribution < 1.29 is 9.21 Å². The number of hydrogen-bond donors (Lipinski definition) is 2. The van der Waals surface area contributed by atoms with Crippen LogP contribution in [0.5, 0.6) is 0 Å². The Balaban J connectivity index is 1.66. The zero-order valence-corrected chi connectivity index (χ0v) is 11.7. The zero-order valence-electron chi connectivity index (χ0n) is 11.7. The van der Waals surface area contributed by atoms with E-state index >= 15 is 0 Å². The average Bonchev–Trinajstić information content (AvgIpc) is 3.01. The Morgan fingerprint density at radius 3 is 3.00 bits per heavy atom. The highest BCUT2D eigenvalue weighted by atomic mass is 16.3. The van der Waals surface area contributed by atoms with E-state index in [9.17, 15) is 4.79 Å². The van der Waals surface area contributed by atoms with Crippen molar-refractivity contribution in [3.05, 3.63) is 35.6 Å². The van der Waals surface area contributed by atoms with Crippen molar-refractivity contribution in [2.24, 2.45) is 11.7 Å². The zero-order chi connectivity index (χ0) is 14.1. The summed E-state index contributed by atoms with van der Waals surface area (Å²) in [6, 6.07) is 8.00. The number of fused-ring (bicyclic) bond motifs is 1. The van der Waals surface area contributed by atoms with E-state index in [0.29, 0.717) is 24.3 Å². The monoisotopic (exact) mass is 272 g/mol. The van der Waals surface area contributed by atoms with E-state index in [0.717, 1.165) is 35.8 Å². The van der Waals surface area contributed by atoms with Crippen molar-refractivity contribution in [2.45, 2.75) is 32.2 Å². The van der Waals surface area contributed by atoms with Crippen molar-refractivity contribution in [2.75, 3.05) is 6.54 Å². The molecule has 1 saturated carbocycles. The molecule has 2 aromatic rings. The first-order valence-electron chi connectivity index (χ1n) is 7.16. The number of hydrogen-bond acceptors (Lipinski definition) is 3. The highest BCUT2D eigenvalue weighted by Gasteiger charge is 2.22. The van der Waals surface area contributed by atoms with Crippen LogP contribution in [0.15, 0.2) is 28.7 Å². The van der Waals surface area contributed by atoms with Crippen LogP contribution >= 0.6 is 0 Å². The maximum absolute atomic E-state index is 12.1. The van der Waals surface area contributed by atoms with Crippen LogP contribution in [0.2, 0.25) is 0 Å². The topological polar surface area (TPSA) is 68.3 Å². The van der Waals surface area contributed by atoms with Gasteiger partial charge in [0.15, 0.2) is 5.76 Å². The predicted octanol–water partition coefficient (Wildman–Crippen LogP) is 2.60. The van der Waals surface area contributed by atoms with Gasteiger partial charge in [-0.25, -0.2) is 0 Å². The number of benzene rings is 1. The van der Waals surface area contributed by atoms with Crippen LogP contribution in [0.4, 0.5) is 0 Å². The van der Waals surface area contributed by atoms with Crippen molar-refractivity contribution in [1.29, 1.82) is 0 Å². The summed E-state index contributed by atoms with van der Waals surface area (Å²) in [7, 11) is 0. The fourth-order valence-corrected chi connectivity index (χ4v) is 2.90. The van der Waals surface area contributed by atoms with Gasteiger partial charge in [-0.05, 0) is 50.3 Å². The number of rotatable bonds is 3. The smallest absolute Gasteiger partial charge is 0.287 e. The number of amides is 1. The van der Waals surface area contributed by atoms with Crippen LogP contribution in [0.25, 0.3) is 11.0 Å². The molecule has 1 heterocycles. The minimum Gasteiger partial charge on any atom is -0.451 e. The number of nitrogens with one attached hydrogen (secondary N) is 1. The molecule has 0 aliphatic heterocycles. The van der Waals surface area contributed by atoms with Crippen LogP contribution < -0.4 is 11.1 Å². The van der Waals surface area contributed by atoms with E-state index in [1.807, 2.05) is 25.1 Å². The van der Waals surface area contributed by atoms with E-state index in [4.69, 9.17) is 10.2 Å². The van der Waals surface area contributed by atoms with Gasteiger partial charge in [-0.2, -0.15) is 0 Å². The number of carbonyl (C=O) groups excluding carboxylic acids is 1. The quantitative estimate of drug-likeness (QED) is 0.902. The molecule has 4 nitrogen and oxygen atoms in total.